The summed E-state index contributed by atoms with van der Waals surface area (Å²) in [6.07, 6.45) is 7.71. The highest BCUT2D eigenvalue weighted by atomic mass is 15.3. The lowest BCUT2D eigenvalue weighted by molar-refractivity contribution is 0.707. The Labute approximate surface area is 83.7 Å². The summed E-state index contributed by atoms with van der Waals surface area (Å²) in [5.74, 6) is 1.13. The number of imidazole rings is 1. The molecule has 14 heavy (non-hydrogen) atoms. The fourth-order valence-electron chi connectivity index (χ4n) is 2.16. The molecule has 1 aliphatic heterocycles. The molecule has 1 atom stereocenters. The summed E-state index contributed by atoms with van der Waals surface area (Å²) in [6.45, 7) is 2.02. The summed E-state index contributed by atoms with van der Waals surface area (Å²) in [7, 11) is 0. The molecule has 1 saturated carbocycles. The van der Waals surface area contributed by atoms with Gasteiger partial charge in [0.2, 0.25) is 5.95 Å². The van der Waals surface area contributed by atoms with Crippen LogP contribution in [-0.4, -0.2) is 28.7 Å². The Morgan fingerprint density at radius 3 is 2.86 bits per heavy atom. The molecule has 2 fully saturated rings. The first kappa shape index (κ1) is 8.29. The number of rotatable bonds is 2. The molecule has 2 heterocycles. The molecule has 1 saturated heterocycles. The molecule has 1 aromatic rings. The maximum absolute atomic E-state index is 5.89. The van der Waals surface area contributed by atoms with Crippen molar-refractivity contribution in [2.24, 2.45) is 5.73 Å². The first-order valence-electron chi connectivity index (χ1n) is 5.38. The molecule has 2 aliphatic rings. The van der Waals surface area contributed by atoms with Crippen LogP contribution in [0, 0.1) is 0 Å². The maximum atomic E-state index is 5.89. The molecule has 0 aromatic carbocycles. The molecule has 1 aliphatic carbocycles. The van der Waals surface area contributed by atoms with Crippen molar-refractivity contribution in [2.45, 2.75) is 31.3 Å². The van der Waals surface area contributed by atoms with E-state index < -0.39 is 0 Å². The van der Waals surface area contributed by atoms with Crippen molar-refractivity contribution < 1.29 is 0 Å². The molecule has 1 aromatic heterocycles. The van der Waals surface area contributed by atoms with Gasteiger partial charge in [0.15, 0.2) is 0 Å². The van der Waals surface area contributed by atoms with Crippen LogP contribution in [0.4, 0.5) is 5.95 Å². The zero-order valence-electron chi connectivity index (χ0n) is 8.26. The molecule has 0 unspecified atom stereocenters. The molecule has 0 amide bonds. The van der Waals surface area contributed by atoms with E-state index in [1.807, 2.05) is 6.20 Å². The SMILES string of the molecule is N[C@H]1CCN(c2nccn2C2CC2)C1. The summed E-state index contributed by atoms with van der Waals surface area (Å²) in [4.78, 5) is 6.74. The van der Waals surface area contributed by atoms with E-state index >= 15 is 0 Å². The monoisotopic (exact) mass is 192 g/mol. The van der Waals surface area contributed by atoms with Crippen LogP contribution in [0.5, 0.6) is 0 Å². The number of nitrogens with zero attached hydrogens (tertiary/aromatic N) is 3. The van der Waals surface area contributed by atoms with E-state index in [9.17, 15) is 0 Å². The first-order valence-corrected chi connectivity index (χ1v) is 5.38. The molecule has 0 bridgehead atoms. The van der Waals surface area contributed by atoms with Gasteiger partial charge in [-0.25, -0.2) is 4.98 Å². The molecule has 0 spiro atoms. The van der Waals surface area contributed by atoms with Gasteiger partial charge >= 0.3 is 0 Å². The van der Waals surface area contributed by atoms with Gasteiger partial charge < -0.3 is 15.2 Å². The van der Waals surface area contributed by atoms with Crippen LogP contribution in [-0.2, 0) is 0 Å². The third-order valence-corrected chi connectivity index (χ3v) is 3.10. The minimum Gasteiger partial charge on any atom is -0.341 e. The van der Waals surface area contributed by atoms with E-state index in [4.69, 9.17) is 5.73 Å². The van der Waals surface area contributed by atoms with E-state index in [0.29, 0.717) is 12.1 Å². The second kappa shape index (κ2) is 2.98. The fraction of sp³-hybridized carbons (Fsp3) is 0.700. The zero-order valence-corrected chi connectivity index (χ0v) is 8.26. The summed E-state index contributed by atoms with van der Waals surface area (Å²) < 4.78 is 2.30. The van der Waals surface area contributed by atoms with Crippen LogP contribution in [0.25, 0.3) is 0 Å². The highest BCUT2D eigenvalue weighted by Gasteiger charge is 2.29. The summed E-state index contributed by atoms with van der Waals surface area (Å²) >= 11 is 0. The number of hydrogen-bond donors (Lipinski definition) is 1. The van der Waals surface area contributed by atoms with Crippen molar-refractivity contribution in [2.75, 3.05) is 18.0 Å². The highest BCUT2D eigenvalue weighted by Crippen LogP contribution is 2.38. The smallest absolute Gasteiger partial charge is 0.205 e. The van der Waals surface area contributed by atoms with E-state index in [1.165, 1.54) is 12.8 Å². The van der Waals surface area contributed by atoms with E-state index in [2.05, 4.69) is 20.6 Å². The molecule has 76 valence electrons. The van der Waals surface area contributed by atoms with Gasteiger partial charge in [0.05, 0.1) is 0 Å². The minimum atomic E-state index is 0.333. The number of hydrogen-bond acceptors (Lipinski definition) is 3. The van der Waals surface area contributed by atoms with Crippen molar-refractivity contribution >= 4 is 5.95 Å². The van der Waals surface area contributed by atoms with Gasteiger partial charge in [0.25, 0.3) is 0 Å². The lowest BCUT2D eigenvalue weighted by Gasteiger charge is -2.18. The van der Waals surface area contributed by atoms with Crippen LogP contribution in [0.15, 0.2) is 12.4 Å². The van der Waals surface area contributed by atoms with E-state index in [0.717, 1.165) is 25.5 Å². The quantitative estimate of drug-likeness (QED) is 0.752. The van der Waals surface area contributed by atoms with E-state index in [-0.39, 0.29) is 0 Å². The Morgan fingerprint density at radius 2 is 2.21 bits per heavy atom. The second-order valence-corrected chi connectivity index (χ2v) is 4.36. The molecule has 4 heteroatoms. The van der Waals surface area contributed by atoms with Crippen molar-refractivity contribution in [1.82, 2.24) is 9.55 Å². The van der Waals surface area contributed by atoms with E-state index in [1.54, 1.807) is 0 Å². The minimum absolute atomic E-state index is 0.333. The molecule has 0 radical (unpaired) electrons. The van der Waals surface area contributed by atoms with Crippen molar-refractivity contribution in [1.29, 1.82) is 0 Å². The van der Waals surface area contributed by atoms with Gasteiger partial charge in [-0.3, -0.25) is 0 Å². The lowest BCUT2D eigenvalue weighted by Crippen LogP contribution is -2.28. The van der Waals surface area contributed by atoms with Crippen LogP contribution < -0.4 is 10.6 Å². The topological polar surface area (TPSA) is 47.1 Å². The van der Waals surface area contributed by atoms with Crippen molar-refractivity contribution in [3.63, 3.8) is 0 Å². The van der Waals surface area contributed by atoms with Crippen molar-refractivity contribution in [3.05, 3.63) is 12.4 Å². The summed E-state index contributed by atoms with van der Waals surface area (Å²) in [5.41, 5.74) is 5.89. The fourth-order valence-corrected chi connectivity index (χ4v) is 2.16. The molecule has 4 nitrogen and oxygen atoms in total. The Kier molecular flexibility index (Phi) is 1.77. The molecule has 2 N–H and O–H groups in total. The second-order valence-electron chi connectivity index (χ2n) is 4.36. The zero-order chi connectivity index (χ0) is 9.54. The predicted octanol–water partition coefficient (Wildman–Crippen LogP) is 0.755. The molecular weight excluding hydrogens is 176 g/mol. The largest absolute Gasteiger partial charge is 0.341 e. The Bertz CT molecular complexity index is 329. The lowest BCUT2D eigenvalue weighted by atomic mass is 10.3. The Balaban J connectivity index is 1.84. The van der Waals surface area contributed by atoms with Gasteiger partial charge in [-0.05, 0) is 19.3 Å². The number of aromatic nitrogens is 2. The third kappa shape index (κ3) is 1.30. The van der Waals surface area contributed by atoms with Gasteiger partial charge in [0, 0.05) is 37.6 Å². The molecule has 3 rings (SSSR count). The normalized spacial score (nSPS) is 27.2. The Morgan fingerprint density at radius 1 is 1.36 bits per heavy atom. The van der Waals surface area contributed by atoms with Gasteiger partial charge in [0.1, 0.15) is 0 Å². The Hall–Kier alpha value is -1.03. The highest BCUT2D eigenvalue weighted by molar-refractivity contribution is 5.34. The van der Waals surface area contributed by atoms with Gasteiger partial charge in [-0.15, -0.1) is 0 Å². The average molecular weight is 192 g/mol. The average Bonchev–Trinajstić information content (AvgIpc) is 2.75. The number of nitrogens with two attached hydrogens (primary N) is 1. The summed E-state index contributed by atoms with van der Waals surface area (Å²) in [6, 6.07) is 1.05. The third-order valence-electron chi connectivity index (χ3n) is 3.10. The maximum Gasteiger partial charge on any atom is 0.205 e. The van der Waals surface area contributed by atoms with Crippen molar-refractivity contribution in [3.8, 4) is 0 Å². The van der Waals surface area contributed by atoms with Gasteiger partial charge in [-0.1, -0.05) is 0 Å². The standard InChI is InChI=1S/C10H16N4/c11-8-3-5-13(7-8)10-12-4-6-14(10)9-1-2-9/h4,6,8-9H,1-3,5,7,11H2/t8-/m0/s1. The van der Waals surface area contributed by atoms with Crippen LogP contribution >= 0.6 is 0 Å². The van der Waals surface area contributed by atoms with Crippen LogP contribution in [0.2, 0.25) is 0 Å². The van der Waals surface area contributed by atoms with Gasteiger partial charge in [-0.2, -0.15) is 0 Å². The van der Waals surface area contributed by atoms with Crippen LogP contribution in [0.1, 0.15) is 25.3 Å². The summed E-state index contributed by atoms with van der Waals surface area (Å²) in [5, 5.41) is 0. The van der Waals surface area contributed by atoms with Crippen LogP contribution in [0.3, 0.4) is 0 Å². The predicted molar refractivity (Wildman–Crippen MR) is 55.3 cm³/mol. The first-order chi connectivity index (χ1) is 6.84. The number of anilines is 1. The molecular formula is C10H16N4.